The van der Waals surface area contributed by atoms with Crippen molar-refractivity contribution in [3.05, 3.63) is 247 Å². The minimum absolute atomic E-state index is 0.465. The van der Waals surface area contributed by atoms with Crippen molar-refractivity contribution in [2.75, 3.05) is 4.90 Å². The fourth-order valence-corrected chi connectivity index (χ4v) is 11.6. The molecule has 0 saturated carbocycles. The van der Waals surface area contributed by atoms with E-state index in [0.29, 0.717) is 0 Å². The van der Waals surface area contributed by atoms with Gasteiger partial charge in [0, 0.05) is 27.7 Å². The highest BCUT2D eigenvalue weighted by atomic mass is 16.3. The second-order valence-corrected chi connectivity index (χ2v) is 17.1. The number of hydrogen-bond donors (Lipinski definition) is 0. The van der Waals surface area contributed by atoms with Gasteiger partial charge < -0.3 is 9.32 Å². The number of rotatable bonds is 3. The SMILES string of the molecule is c1ccc2c(c1)-c1ccccc1-c1ccc(N(c3ccc4oc5ccccc5c4c3)c3cccc4c3-c3ccccc3C43c4ccccc4-c4ccccc43)cc1-c1ccccc1-2. The standard InChI is InChI=1S/C61H37NO/c1-2-17-41-40(16-1)42-18-3-4-20-44(42)46-34-32-38(36-51(46)45-21-6-5-19-43(41)45)62(39-33-35-59-52(37-39)49-24-10-14-31-58(49)63-59)57-30-15-29-56-60(57)50-25-9-13-28-55(50)61(56)53-26-11-7-22-47(53)48-23-8-12-27-54(48)61/h1-37H. The van der Waals surface area contributed by atoms with Gasteiger partial charge in [-0.2, -0.15) is 0 Å². The third-order valence-corrected chi connectivity index (χ3v) is 14.1. The van der Waals surface area contributed by atoms with Gasteiger partial charge in [0.15, 0.2) is 0 Å². The number of anilines is 3. The van der Waals surface area contributed by atoms with Crippen LogP contribution in [-0.2, 0) is 5.41 Å². The molecule has 0 aliphatic heterocycles. The van der Waals surface area contributed by atoms with Crippen molar-refractivity contribution in [3.63, 3.8) is 0 Å². The normalized spacial score (nSPS) is 13.2. The lowest BCUT2D eigenvalue weighted by molar-refractivity contribution is 0.669. The first-order valence-electron chi connectivity index (χ1n) is 21.8. The second-order valence-electron chi connectivity index (χ2n) is 17.1. The summed E-state index contributed by atoms with van der Waals surface area (Å²) >= 11 is 0. The van der Waals surface area contributed by atoms with Crippen LogP contribution in [0, 0.1) is 0 Å². The zero-order valence-electron chi connectivity index (χ0n) is 34.2. The molecular weight excluding hydrogens is 763 g/mol. The van der Waals surface area contributed by atoms with Gasteiger partial charge >= 0.3 is 0 Å². The third-order valence-electron chi connectivity index (χ3n) is 14.1. The molecule has 292 valence electrons. The van der Waals surface area contributed by atoms with E-state index in [-0.39, 0.29) is 0 Å². The highest BCUT2D eigenvalue weighted by Gasteiger charge is 2.52. The molecule has 1 aromatic heterocycles. The van der Waals surface area contributed by atoms with E-state index >= 15 is 0 Å². The summed E-state index contributed by atoms with van der Waals surface area (Å²) < 4.78 is 6.43. The van der Waals surface area contributed by atoms with E-state index in [4.69, 9.17) is 4.42 Å². The highest BCUT2D eigenvalue weighted by Crippen LogP contribution is 2.65. The smallest absolute Gasteiger partial charge is 0.135 e. The van der Waals surface area contributed by atoms with E-state index in [1.165, 1.54) is 89.0 Å². The summed E-state index contributed by atoms with van der Waals surface area (Å²) in [6.45, 7) is 0. The molecule has 0 N–H and O–H groups in total. The Kier molecular flexibility index (Phi) is 7.07. The number of hydrogen-bond acceptors (Lipinski definition) is 2. The molecule has 2 nitrogen and oxygen atoms in total. The van der Waals surface area contributed by atoms with Gasteiger partial charge in [0.25, 0.3) is 0 Å². The molecule has 63 heavy (non-hydrogen) atoms. The summed E-state index contributed by atoms with van der Waals surface area (Å²) in [5.74, 6) is 0. The Morgan fingerprint density at radius 3 is 1.33 bits per heavy atom. The van der Waals surface area contributed by atoms with Crippen molar-refractivity contribution in [3.8, 4) is 66.8 Å². The van der Waals surface area contributed by atoms with Crippen LogP contribution in [0.15, 0.2) is 229 Å². The summed E-state index contributed by atoms with van der Waals surface area (Å²) in [5, 5.41) is 2.21. The number of para-hydroxylation sites is 1. The van der Waals surface area contributed by atoms with Crippen LogP contribution in [0.25, 0.3) is 88.7 Å². The van der Waals surface area contributed by atoms with Crippen LogP contribution in [0.3, 0.4) is 0 Å². The van der Waals surface area contributed by atoms with Crippen LogP contribution in [-0.4, -0.2) is 0 Å². The molecule has 0 saturated heterocycles. The quantitative estimate of drug-likeness (QED) is 0.177. The first kappa shape index (κ1) is 34.5. The van der Waals surface area contributed by atoms with Crippen molar-refractivity contribution in [1.82, 2.24) is 0 Å². The Labute approximate surface area is 365 Å². The van der Waals surface area contributed by atoms with Crippen molar-refractivity contribution in [1.29, 1.82) is 0 Å². The Hall–Kier alpha value is -8.20. The molecule has 1 heterocycles. The number of furan rings is 1. The van der Waals surface area contributed by atoms with Crippen molar-refractivity contribution in [2.45, 2.75) is 5.41 Å². The fourth-order valence-electron chi connectivity index (χ4n) is 11.6. The Morgan fingerprint density at radius 1 is 0.286 bits per heavy atom. The molecule has 0 amide bonds. The van der Waals surface area contributed by atoms with Crippen LogP contribution in [0.1, 0.15) is 22.3 Å². The van der Waals surface area contributed by atoms with E-state index < -0.39 is 5.41 Å². The molecule has 2 heteroatoms. The van der Waals surface area contributed by atoms with Crippen LogP contribution in [0.4, 0.5) is 17.1 Å². The van der Waals surface area contributed by atoms with E-state index in [1.54, 1.807) is 0 Å². The molecule has 0 fully saturated rings. The van der Waals surface area contributed by atoms with Crippen molar-refractivity contribution < 1.29 is 4.42 Å². The van der Waals surface area contributed by atoms with Gasteiger partial charge in [-0.3, -0.25) is 0 Å². The monoisotopic (exact) mass is 799 g/mol. The molecule has 14 rings (SSSR count). The van der Waals surface area contributed by atoms with Crippen LogP contribution in [0.2, 0.25) is 0 Å². The molecular formula is C61H37NO. The lowest BCUT2D eigenvalue weighted by Gasteiger charge is -2.32. The lowest BCUT2D eigenvalue weighted by atomic mass is 9.70. The summed E-state index contributed by atoms with van der Waals surface area (Å²) in [6.07, 6.45) is 0. The molecule has 3 aliphatic carbocycles. The lowest BCUT2D eigenvalue weighted by Crippen LogP contribution is -2.26. The molecule has 0 atom stereocenters. The molecule has 0 unspecified atom stereocenters. The van der Waals surface area contributed by atoms with E-state index in [0.717, 1.165) is 39.0 Å². The van der Waals surface area contributed by atoms with Gasteiger partial charge in [0.05, 0.1) is 11.1 Å². The summed E-state index contributed by atoms with van der Waals surface area (Å²) in [6, 6.07) is 83.1. The molecule has 0 radical (unpaired) electrons. The maximum atomic E-state index is 6.43. The predicted octanol–water partition coefficient (Wildman–Crippen LogP) is 16.4. The van der Waals surface area contributed by atoms with E-state index in [9.17, 15) is 0 Å². The van der Waals surface area contributed by atoms with Gasteiger partial charge in [0.1, 0.15) is 11.2 Å². The van der Waals surface area contributed by atoms with Gasteiger partial charge in [-0.1, -0.05) is 182 Å². The van der Waals surface area contributed by atoms with Crippen LogP contribution in [0.5, 0.6) is 0 Å². The first-order valence-corrected chi connectivity index (χ1v) is 21.8. The highest BCUT2D eigenvalue weighted by molar-refractivity contribution is 6.09. The number of fused-ring (bicyclic) bond motifs is 21. The predicted molar refractivity (Wildman–Crippen MR) is 260 cm³/mol. The zero-order valence-corrected chi connectivity index (χ0v) is 34.2. The maximum absolute atomic E-state index is 6.43. The average molecular weight is 800 g/mol. The Bertz CT molecular complexity index is 3670. The average Bonchev–Trinajstić information content (AvgIpc) is 3.98. The van der Waals surface area contributed by atoms with Gasteiger partial charge in [-0.05, 0) is 126 Å². The van der Waals surface area contributed by atoms with E-state index in [2.05, 4.69) is 223 Å². The molecule has 3 aliphatic rings. The molecule has 10 aromatic carbocycles. The topological polar surface area (TPSA) is 16.4 Å². The summed E-state index contributed by atoms with van der Waals surface area (Å²) in [7, 11) is 0. The second kappa shape index (κ2) is 12.9. The first-order chi connectivity index (χ1) is 31.3. The minimum atomic E-state index is -0.465. The van der Waals surface area contributed by atoms with Gasteiger partial charge in [0.2, 0.25) is 0 Å². The van der Waals surface area contributed by atoms with Crippen molar-refractivity contribution >= 4 is 39.0 Å². The molecule has 11 aromatic rings. The van der Waals surface area contributed by atoms with Gasteiger partial charge in [-0.15, -0.1) is 0 Å². The zero-order chi connectivity index (χ0) is 41.2. The maximum Gasteiger partial charge on any atom is 0.135 e. The fraction of sp³-hybridized carbons (Fsp3) is 0.0164. The van der Waals surface area contributed by atoms with E-state index in [1.807, 2.05) is 6.07 Å². The molecule has 0 bridgehead atoms. The Balaban J connectivity index is 1.08. The van der Waals surface area contributed by atoms with Crippen molar-refractivity contribution in [2.24, 2.45) is 0 Å². The number of nitrogens with zero attached hydrogens (tertiary/aromatic N) is 1. The summed E-state index contributed by atoms with van der Waals surface area (Å²) in [4.78, 5) is 2.50. The third kappa shape index (κ3) is 4.62. The van der Waals surface area contributed by atoms with Crippen LogP contribution < -0.4 is 4.90 Å². The molecule has 1 spiro atoms. The summed E-state index contributed by atoms with van der Waals surface area (Å²) in [5.41, 5.74) is 24.8. The largest absolute Gasteiger partial charge is 0.456 e. The van der Waals surface area contributed by atoms with Crippen LogP contribution >= 0.6 is 0 Å². The Morgan fingerprint density at radius 2 is 0.714 bits per heavy atom. The minimum Gasteiger partial charge on any atom is -0.456 e. The van der Waals surface area contributed by atoms with Gasteiger partial charge in [-0.25, -0.2) is 0 Å². The number of benzene rings is 10.